The van der Waals surface area contributed by atoms with Crippen LogP contribution >= 0.6 is 0 Å². The Labute approximate surface area is 49.2 Å². The number of halogens is 1. The summed E-state index contributed by atoms with van der Waals surface area (Å²) in [6.07, 6.45) is 1.15. The highest BCUT2D eigenvalue weighted by Gasteiger charge is 1.89. The number of hydrogen-bond donors (Lipinski definition) is 0. The van der Waals surface area contributed by atoms with Crippen LogP contribution in [-0.4, -0.2) is 13.8 Å². The first-order valence-electron chi connectivity index (χ1n) is 2.59. The first kappa shape index (κ1) is 7.47. The van der Waals surface area contributed by atoms with Crippen LogP contribution in [-0.2, 0) is 4.74 Å². The molecule has 1 nitrogen and oxygen atoms in total. The van der Waals surface area contributed by atoms with Crippen LogP contribution < -0.4 is 0 Å². The Bertz CT molecular complexity index is 70.9. The summed E-state index contributed by atoms with van der Waals surface area (Å²) >= 11 is 0. The van der Waals surface area contributed by atoms with E-state index in [-0.39, 0.29) is 6.67 Å². The number of hydrogen-bond acceptors (Lipinski definition) is 1. The molecule has 0 aliphatic carbocycles. The SMILES string of the molecule is C=C(CCCF)OC. The third kappa shape index (κ3) is 3.65. The normalized spacial score (nSPS) is 8.75. The van der Waals surface area contributed by atoms with Crippen molar-refractivity contribution in [2.24, 2.45) is 0 Å². The number of rotatable bonds is 4. The average Bonchev–Trinajstić information content (AvgIpc) is 1.83. The van der Waals surface area contributed by atoms with Crippen molar-refractivity contribution in [1.82, 2.24) is 0 Å². The summed E-state index contributed by atoms with van der Waals surface area (Å²) in [6, 6.07) is 0. The fourth-order valence-electron chi connectivity index (χ4n) is 0.366. The van der Waals surface area contributed by atoms with E-state index in [0.29, 0.717) is 18.6 Å². The molecule has 0 aromatic rings. The maximum Gasteiger partial charge on any atom is 0.0898 e. The van der Waals surface area contributed by atoms with Gasteiger partial charge in [-0.1, -0.05) is 6.58 Å². The van der Waals surface area contributed by atoms with Gasteiger partial charge in [0.05, 0.1) is 19.5 Å². The molecule has 0 bridgehead atoms. The van der Waals surface area contributed by atoms with E-state index in [1.54, 1.807) is 7.11 Å². The van der Waals surface area contributed by atoms with Crippen LogP contribution in [0.4, 0.5) is 4.39 Å². The molecule has 0 fully saturated rings. The van der Waals surface area contributed by atoms with Gasteiger partial charge in [0.1, 0.15) is 0 Å². The topological polar surface area (TPSA) is 9.23 Å². The van der Waals surface area contributed by atoms with Gasteiger partial charge >= 0.3 is 0 Å². The van der Waals surface area contributed by atoms with Crippen molar-refractivity contribution in [1.29, 1.82) is 0 Å². The summed E-state index contributed by atoms with van der Waals surface area (Å²) in [5.41, 5.74) is 0. The number of allylic oxidation sites excluding steroid dienone is 1. The lowest BCUT2D eigenvalue weighted by atomic mass is 10.3. The molecule has 0 spiro atoms. The molecule has 8 heavy (non-hydrogen) atoms. The average molecular weight is 118 g/mol. The molecule has 0 aliphatic rings. The molecule has 0 aromatic carbocycles. The monoisotopic (exact) mass is 118 g/mol. The summed E-state index contributed by atoms with van der Waals surface area (Å²) in [5, 5.41) is 0. The van der Waals surface area contributed by atoms with Crippen LogP contribution in [0.25, 0.3) is 0 Å². The van der Waals surface area contributed by atoms with Crippen molar-refractivity contribution >= 4 is 0 Å². The van der Waals surface area contributed by atoms with Gasteiger partial charge in [0.15, 0.2) is 0 Å². The van der Waals surface area contributed by atoms with E-state index in [2.05, 4.69) is 6.58 Å². The van der Waals surface area contributed by atoms with Crippen LogP contribution in [0.3, 0.4) is 0 Å². The maximum absolute atomic E-state index is 11.4. The zero-order valence-corrected chi connectivity index (χ0v) is 5.11. The van der Waals surface area contributed by atoms with Crippen LogP contribution in [0.2, 0.25) is 0 Å². The van der Waals surface area contributed by atoms with Crippen LogP contribution in [0, 0.1) is 0 Å². The largest absolute Gasteiger partial charge is 0.502 e. The summed E-state index contributed by atoms with van der Waals surface area (Å²) in [5.74, 6) is 0.655. The summed E-state index contributed by atoms with van der Waals surface area (Å²) < 4.78 is 16.1. The smallest absolute Gasteiger partial charge is 0.0898 e. The Balaban J connectivity index is 2.99. The molecule has 0 radical (unpaired) electrons. The molecule has 0 saturated carbocycles. The zero-order valence-electron chi connectivity index (χ0n) is 5.11. The molecule has 0 unspecified atom stereocenters. The van der Waals surface area contributed by atoms with Gasteiger partial charge in [0, 0.05) is 6.42 Å². The van der Waals surface area contributed by atoms with Gasteiger partial charge < -0.3 is 4.74 Å². The molecule has 0 heterocycles. The third-order valence-corrected chi connectivity index (χ3v) is 0.878. The van der Waals surface area contributed by atoms with Crippen molar-refractivity contribution < 1.29 is 9.13 Å². The van der Waals surface area contributed by atoms with Crippen molar-refractivity contribution in [2.45, 2.75) is 12.8 Å². The fourth-order valence-corrected chi connectivity index (χ4v) is 0.366. The van der Waals surface area contributed by atoms with Gasteiger partial charge in [-0.05, 0) is 6.42 Å². The molecule has 0 atom stereocenters. The van der Waals surface area contributed by atoms with E-state index in [1.807, 2.05) is 0 Å². The number of methoxy groups -OCH3 is 1. The Morgan fingerprint density at radius 3 is 2.75 bits per heavy atom. The standard InChI is InChI=1S/C6H11FO/c1-6(8-2)4-3-5-7/h1,3-5H2,2H3. The van der Waals surface area contributed by atoms with E-state index in [1.165, 1.54) is 0 Å². The van der Waals surface area contributed by atoms with E-state index in [4.69, 9.17) is 4.74 Å². The van der Waals surface area contributed by atoms with Gasteiger partial charge in [-0.15, -0.1) is 0 Å². The summed E-state index contributed by atoms with van der Waals surface area (Å²) in [7, 11) is 1.54. The quantitative estimate of drug-likeness (QED) is 0.512. The molecule has 0 saturated heterocycles. The summed E-state index contributed by atoms with van der Waals surface area (Å²) in [6.45, 7) is 3.23. The second-order valence-corrected chi connectivity index (χ2v) is 1.54. The molecule has 0 aromatic heterocycles. The maximum atomic E-state index is 11.4. The third-order valence-electron chi connectivity index (χ3n) is 0.878. The van der Waals surface area contributed by atoms with Gasteiger partial charge in [-0.2, -0.15) is 0 Å². The Kier molecular flexibility index (Phi) is 4.32. The highest BCUT2D eigenvalue weighted by molar-refractivity contribution is 4.80. The first-order valence-corrected chi connectivity index (χ1v) is 2.59. The lowest BCUT2D eigenvalue weighted by Gasteiger charge is -1.99. The van der Waals surface area contributed by atoms with Crippen molar-refractivity contribution in [3.8, 4) is 0 Å². The Hall–Kier alpha value is -0.530. The number of ether oxygens (including phenoxy) is 1. The minimum atomic E-state index is -0.289. The molecule has 0 aliphatic heterocycles. The minimum absolute atomic E-state index is 0.289. The molecule has 0 amide bonds. The van der Waals surface area contributed by atoms with E-state index < -0.39 is 0 Å². The minimum Gasteiger partial charge on any atom is -0.502 e. The Morgan fingerprint density at radius 2 is 2.38 bits per heavy atom. The molecule has 48 valence electrons. The lowest BCUT2D eigenvalue weighted by molar-refractivity contribution is 0.272. The second kappa shape index (κ2) is 4.62. The van der Waals surface area contributed by atoms with Crippen molar-refractivity contribution in [3.05, 3.63) is 12.3 Å². The molecular formula is C6H11FO. The van der Waals surface area contributed by atoms with Crippen LogP contribution in [0.1, 0.15) is 12.8 Å². The highest BCUT2D eigenvalue weighted by atomic mass is 19.1. The lowest BCUT2D eigenvalue weighted by Crippen LogP contribution is -1.84. The van der Waals surface area contributed by atoms with Gasteiger partial charge in [0.2, 0.25) is 0 Å². The van der Waals surface area contributed by atoms with E-state index in [9.17, 15) is 4.39 Å². The fraction of sp³-hybridized carbons (Fsp3) is 0.667. The second-order valence-electron chi connectivity index (χ2n) is 1.54. The molecule has 2 heteroatoms. The Morgan fingerprint density at radius 1 is 1.75 bits per heavy atom. The zero-order chi connectivity index (χ0) is 6.41. The van der Waals surface area contributed by atoms with E-state index >= 15 is 0 Å². The summed E-state index contributed by atoms with van der Waals surface area (Å²) in [4.78, 5) is 0. The van der Waals surface area contributed by atoms with Crippen molar-refractivity contribution in [3.63, 3.8) is 0 Å². The highest BCUT2D eigenvalue weighted by Crippen LogP contribution is 2.01. The van der Waals surface area contributed by atoms with Gasteiger partial charge in [0.25, 0.3) is 0 Å². The molecular weight excluding hydrogens is 107 g/mol. The predicted octanol–water partition coefficient (Wildman–Crippen LogP) is 1.90. The van der Waals surface area contributed by atoms with Crippen LogP contribution in [0.15, 0.2) is 12.3 Å². The predicted molar refractivity (Wildman–Crippen MR) is 31.4 cm³/mol. The van der Waals surface area contributed by atoms with Gasteiger partial charge in [-0.25, -0.2) is 0 Å². The van der Waals surface area contributed by atoms with Crippen molar-refractivity contribution in [2.75, 3.05) is 13.8 Å². The van der Waals surface area contributed by atoms with Gasteiger partial charge in [-0.3, -0.25) is 4.39 Å². The molecule has 0 N–H and O–H groups in total. The first-order chi connectivity index (χ1) is 3.81. The van der Waals surface area contributed by atoms with Crippen LogP contribution in [0.5, 0.6) is 0 Å². The number of alkyl halides is 1. The molecule has 0 rings (SSSR count). The van der Waals surface area contributed by atoms with E-state index in [0.717, 1.165) is 0 Å².